The first-order chi connectivity index (χ1) is 4.88. The van der Waals surface area contributed by atoms with E-state index in [1.54, 1.807) is 18.1 Å². The highest BCUT2D eigenvalue weighted by atomic mass is 32.2. The van der Waals surface area contributed by atoms with Gasteiger partial charge in [0.25, 0.3) is 0 Å². The number of rotatable bonds is 0. The lowest BCUT2D eigenvalue weighted by molar-refractivity contribution is 1.01. The molecule has 0 aromatic carbocycles. The van der Waals surface area contributed by atoms with E-state index in [0.717, 1.165) is 16.6 Å². The number of hydrogen-bond acceptors (Lipinski definition) is 4. The highest BCUT2D eigenvalue weighted by molar-refractivity contribution is 7.99. The number of aromatic nitrogens is 2. The van der Waals surface area contributed by atoms with Crippen LogP contribution in [0.5, 0.6) is 0 Å². The lowest BCUT2D eigenvalue weighted by Crippen LogP contribution is -2.10. The second-order valence-electron chi connectivity index (χ2n) is 2.18. The zero-order valence-corrected chi connectivity index (χ0v) is 6.43. The first-order valence-electron chi connectivity index (χ1n) is 3.02. The van der Waals surface area contributed by atoms with E-state index in [1.165, 1.54) is 0 Å². The smallest absolute Gasteiger partial charge is 0.125 e. The summed E-state index contributed by atoms with van der Waals surface area (Å²) >= 11 is 1.75. The second kappa shape index (κ2) is 2.12. The molecule has 1 aromatic heterocycles. The van der Waals surface area contributed by atoms with Crippen molar-refractivity contribution in [2.45, 2.75) is 5.03 Å². The van der Waals surface area contributed by atoms with Gasteiger partial charge in [-0.15, -0.1) is 0 Å². The van der Waals surface area contributed by atoms with Crippen molar-refractivity contribution in [3.8, 4) is 0 Å². The topological polar surface area (TPSA) is 29.0 Å². The Balaban J connectivity index is 2.51. The number of thioether (sulfide) groups is 1. The van der Waals surface area contributed by atoms with Crippen LogP contribution in [0, 0.1) is 0 Å². The van der Waals surface area contributed by atoms with Gasteiger partial charge in [0, 0.05) is 7.05 Å². The molecule has 0 atom stereocenters. The average Bonchev–Trinajstić information content (AvgIpc) is 2.34. The molecule has 0 bridgehead atoms. The number of hydrogen-bond donors (Lipinski definition) is 0. The standard InChI is InChI=1S/C6H7N3S/c1-9-4-10-6-5(9)2-7-3-8-6/h2-3H,4H2,1H3. The first kappa shape index (κ1) is 5.97. The SMILES string of the molecule is CN1CSc2ncncc21. The van der Waals surface area contributed by atoms with Crippen LogP contribution in [0.4, 0.5) is 5.69 Å². The van der Waals surface area contributed by atoms with Crippen LogP contribution in [0.25, 0.3) is 0 Å². The van der Waals surface area contributed by atoms with Crippen LogP contribution in [-0.2, 0) is 0 Å². The molecule has 1 aliphatic rings. The van der Waals surface area contributed by atoms with Gasteiger partial charge in [0.1, 0.15) is 11.4 Å². The summed E-state index contributed by atoms with van der Waals surface area (Å²) in [5, 5.41) is 1.09. The van der Waals surface area contributed by atoms with Crippen LogP contribution >= 0.6 is 11.8 Å². The predicted octanol–water partition coefficient (Wildman–Crippen LogP) is 0.976. The third-order valence-corrected chi connectivity index (χ3v) is 2.57. The fourth-order valence-corrected chi connectivity index (χ4v) is 1.84. The molecule has 2 rings (SSSR count). The highest BCUT2D eigenvalue weighted by Gasteiger charge is 2.16. The van der Waals surface area contributed by atoms with Crippen molar-refractivity contribution in [3.63, 3.8) is 0 Å². The number of fused-ring (bicyclic) bond motifs is 1. The Morgan fingerprint density at radius 3 is 3.40 bits per heavy atom. The lowest BCUT2D eigenvalue weighted by Gasteiger charge is -2.07. The Labute approximate surface area is 63.5 Å². The van der Waals surface area contributed by atoms with Gasteiger partial charge in [-0.05, 0) is 0 Å². The lowest BCUT2D eigenvalue weighted by atomic mass is 10.5. The molecular weight excluding hydrogens is 146 g/mol. The molecule has 1 aromatic rings. The van der Waals surface area contributed by atoms with Crippen LogP contribution < -0.4 is 4.90 Å². The van der Waals surface area contributed by atoms with E-state index in [-0.39, 0.29) is 0 Å². The quantitative estimate of drug-likeness (QED) is 0.519. The van der Waals surface area contributed by atoms with Gasteiger partial charge in [0.2, 0.25) is 0 Å². The van der Waals surface area contributed by atoms with E-state index in [2.05, 4.69) is 14.9 Å². The van der Waals surface area contributed by atoms with E-state index in [0.29, 0.717) is 0 Å². The molecule has 1 aliphatic heterocycles. The zero-order valence-electron chi connectivity index (χ0n) is 5.61. The molecule has 0 spiro atoms. The zero-order chi connectivity index (χ0) is 6.97. The van der Waals surface area contributed by atoms with Gasteiger partial charge in [-0.1, -0.05) is 11.8 Å². The molecule has 10 heavy (non-hydrogen) atoms. The van der Waals surface area contributed by atoms with Crippen LogP contribution in [0.15, 0.2) is 17.6 Å². The Morgan fingerprint density at radius 1 is 1.70 bits per heavy atom. The molecule has 0 N–H and O–H groups in total. The van der Waals surface area contributed by atoms with E-state index in [1.807, 2.05) is 13.2 Å². The highest BCUT2D eigenvalue weighted by Crippen LogP contribution is 2.33. The fraction of sp³-hybridized carbons (Fsp3) is 0.333. The largest absolute Gasteiger partial charge is 0.361 e. The minimum Gasteiger partial charge on any atom is -0.361 e. The molecule has 0 radical (unpaired) electrons. The summed E-state index contributed by atoms with van der Waals surface area (Å²) in [5.74, 6) is 0.994. The Hall–Kier alpha value is -0.770. The summed E-state index contributed by atoms with van der Waals surface area (Å²) in [5.41, 5.74) is 1.15. The number of nitrogens with zero attached hydrogens (tertiary/aromatic N) is 3. The second-order valence-corrected chi connectivity index (χ2v) is 3.12. The van der Waals surface area contributed by atoms with Crippen molar-refractivity contribution in [2.75, 3.05) is 17.8 Å². The minimum absolute atomic E-state index is 0.994. The Kier molecular flexibility index (Phi) is 1.27. The van der Waals surface area contributed by atoms with Crippen molar-refractivity contribution in [3.05, 3.63) is 12.5 Å². The summed E-state index contributed by atoms with van der Waals surface area (Å²) in [7, 11) is 2.04. The van der Waals surface area contributed by atoms with Crippen LogP contribution in [-0.4, -0.2) is 22.9 Å². The molecule has 0 saturated heterocycles. The first-order valence-corrected chi connectivity index (χ1v) is 4.00. The van der Waals surface area contributed by atoms with E-state index >= 15 is 0 Å². The van der Waals surface area contributed by atoms with Crippen LogP contribution in [0.3, 0.4) is 0 Å². The Morgan fingerprint density at radius 2 is 2.60 bits per heavy atom. The van der Waals surface area contributed by atoms with Gasteiger partial charge in [0.05, 0.1) is 17.8 Å². The van der Waals surface area contributed by atoms with Crippen molar-refractivity contribution < 1.29 is 0 Å². The predicted molar refractivity (Wildman–Crippen MR) is 41.2 cm³/mol. The summed E-state index contributed by atoms with van der Waals surface area (Å²) in [6.45, 7) is 0. The molecular formula is C6H7N3S. The molecule has 4 heteroatoms. The van der Waals surface area contributed by atoms with Crippen LogP contribution in [0.1, 0.15) is 0 Å². The third-order valence-electron chi connectivity index (χ3n) is 1.46. The maximum absolute atomic E-state index is 4.12. The molecule has 0 amide bonds. The molecule has 3 nitrogen and oxygen atoms in total. The van der Waals surface area contributed by atoms with Gasteiger partial charge in [0.15, 0.2) is 0 Å². The molecule has 0 aliphatic carbocycles. The summed E-state index contributed by atoms with van der Waals surface area (Å²) in [6.07, 6.45) is 3.44. The maximum Gasteiger partial charge on any atom is 0.125 e. The monoisotopic (exact) mass is 153 g/mol. The van der Waals surface area contributed by atoms with E-state index in [9.17, 15) is 0 Å². The van der Waals surface area contributed by atoms with Gasteiger partial charge in [-0.2, -0.15) is 0 Å². The van der Waals surface area contributed by atoms with Gasteiger partial charge in [-0.25, -0.2) is 9.97 Å². The minimum atomic E-state index is 0.994. The number of anilines is 1. The van der Waals surface area contributed by atoms with Crippen molar-refractivity contribution in [1.82, 2.24) is 9.97 Å². The third kappa shape index (κ3) is 0.759. The van der Waals surface area contributed by atoms with E-state index < -0.39 is 0 Å². The van der Waals surface area contributed by atoms with Gasteiger partial charge >= 0.3 is 0 Å². The maximum atomic E-state index is 4.12. The van der Waals surface area contributed by atoms with Crippen molar-refractivity contribution in [1.29, 1.82) is 0 Å². The van der Waals surface area contributed by atoms with Gasteiger partial charge in [-0.3, -0.25) is 0 Å². The molecule has 52 valence electrons. The van der Waals surface area contributed by atoms with E-state index in [4.69, 9.17) is 0 Å². The molecule has 0 saturated carbocycles. The summed E-state index contributed by atoms with van der Waals surface area (Å²) in [6, 6.07) is 0. The van der Waals surface area contributed by atoms with Crippen molar-refractivity contribution in [2.24, 2.45) is 0 Å². The van der Waals surface area contributed by atoms with Crippen molar-refractivity contribution >= 4 is 17.4 Å². The molecule has 2 heterocycles. The summed E-state index contributed by atoms with van der Waals surface area (Å²) in [4.78, 5) is 10.2. The van der Waals surface area contributed by atoms with Crippen LogP contribution in [0.2, 0.25) is 0 Å². The molecule has 0 fully saturated rings. The fourth-order valence-electron chi connectivity index (χ4n) is 0.912. The average molecular weight is 153 g/mol. The normalized spacial score (nSPS) is 15.5. The summed E-state index contributed by atoms with van der Waals surface area (Å²) < 4.78 is 0. The molecule has 0 unspecified atom stereocenters. The Bertz CT molecular complexity index is 251. The van der Waals surface area contributed by atoms with Gasteiger partial charge < -0.3 is 4.90 Å².